The summed E-state index contributed by atoms with van der Waals surface area (Å²) in [4.78, 5) is 12.4. The lowest BCUT2D eigenvalue weighted by Gasteiger charge is -2.33. The molecular formula is C20H28O2. The number of ether oxygens (including phenoxy) is 1. The Kier molecular flexibility index (Phi) is 3.82. The van der Waals surface area contributed by atoms with Gasteiger partial charge in [0.25, 0.3) is 0 Å². The second-order valence-corrected chi connectivity index (χ2v) is 8.02. The molecule has 0 N–H and O–H groups in total. The van der Waals surface area contributed by atoms with Crippen molar-refractivity contribution < 1.29 is 9.53 Å². The second-order valence-electron chi connectivity index (χ2n) is 8.02. The first kappa shape index (κ1) is 15.6. The highest BCUT2D eigenvalue weighted by Gasteiger charge is 2.61. The first-order valence-corrected chi connectivity index (χ1v) is 8.67. The highest BCUT2D eigenvalue weighted by Crippen LogP contribution is 2.66. The molecule has 3 rings (SSSR count). The standard InChI is InChI=1S/C20H28O2/c1-5-6-14-7-9-15(10-8-14)18(21)22-17-13-20(4)12-11-16(17)19(20,2)3/h7-10,16-17H,5-6,11-13H2,1-4H3/t16-,17-,20+/m1/s1. The van der Waals surface area contributed by atoms with E-state index in [9.17, 15) is 4.79 Å². The van der Waals surface area contributed by atoms with Crippen LogP contribution in [0, 0.1) is 16.7 Å². The fraction of sp³-hybridized carbons (Fsp3) is 0.650. The highest BCUT2D eigenvalue weighted by molar-refractivity contribution is 5.89. The van der Waals surface area contributed by atoms with Gasteiger partial charge >= 0.3 is 5.97 Å². The molecule has 2 bridgehead atoms. The lowest BCUT2D eigenvalue weighted by molar-refractivity contribution is 0.0103. The van der Waals surface area contributed by atoms with Gasteiger partial charge in [-0.25, -0.2) is 4.79 Å². The van der Waals surface area contributed by atoms with E-state index >= 15 is 0 Å². The van der Waals surface area contributed by atoms with Crippen molar-refractivity contribution in [1.29, 1.82) is 0 Å². The Hall–Kier alpha value is -1.31. The number of hydrogen-bond acceptors (Lipinski definition) is 2. The third-order valence-corrected chi connectivity index (χ3v) is 6.58. The van der Waals surface area contributed by atoms with Crippen LogP contribution in [0.2, 0.25) is 0 Å². The van der Waals surface area contributed by atoms with Crippen molar-refractivity contribution in [2.75, 3.05) is 0 Å². The maximum absolute atomic E-state index is 12.4. The maximum atomic E-state index is 12.4. The molecule has 0 saturated heterocycles. The molecule has 0 aliphatic heterocycles. The topological polar surface area (TPSA) is 26.3 Å². The molecule has 2 fully saturated rings. The molecule has 2 aliphatic carbocycles. The van der Waals surface area contributed by atoms with E-state index in [1.807, 2.05) is 24.3 Å². The molecule has 2 heteroatoms. The van der Waals surface area contributed by atoms with Crippen LogP contribution in [-0.2, 0) is 11.2 Å². The zero-order chi connectivity index (χ0) is 16.0. The van der Waals surface area contributed by atoms with Crippen molar-refractivity contribution in [3.63, 3.8) is 0 Å². The Morgan fingerprint density at radius 3 is 2.41 bits per heavy atom. The van der Waals surface area contributed by atoms with Gasteiger partial charge in [-0.15, -0.1) is 0 Å². The van der Waals surface area contributed by atoms with Crippen molar-refractivity contribution in [2.24, 2.45) is 16.7 Å². The summed E-state index contributed by atoms with van der Waals surface area (Å²) in [7, 11) is 0. The maximum Gasteiger partial charge on any atom is 0.338 e. The minimum absolute atomic E-state index is 0.0940. The van der Waals surface area contributed by atoms with Crippen LogP contribution in [0.1, 0.15) is 69.3 Å². The Labute approximate surface area is 134 Å². The van der Waals surface area contributed by atoms with E-state index < -0.39 is 0 Å². The number of aryl methyl sites for hydroxylation is 1. The van der Waals surface area contributed by atoms with E-state index in [4.69, 9.17) is 4.74 Å². The minimum Gasteiger partial charge on any atom is -0.458 e. The van der Waals surface area contributed by atoms with Crippen LogP contribution >= 0.6 is 0 Å². The number of hydrogen-bond donors (Lipinski definition) is 0. The molecule has 1 aromatic carbocycles. The fourth-order valence-electron chi connectivity index (χ4n) is 4.63. The number of carbonyl (C=O) groups excluding carboxylic acids is 1. The van der Waals surface area contributed by atoms with E-state index in [2.05, 4.69) is 27.7 Å². The molecule has 0 radical (unpaired) electrons. The van der Waals surface area contributed by atoms with E-state index in [0.29, 0.717) is 16.9 Å². The zero-order valence-corrected chi connectivity index (χ0v) is 14.3. The molecule has 22 heavy (non-hydrogen) atoms. The predicted octanol–water partition coefficient (Wildman–Crippen LogP) is 5.01. The van der Waals surface area contributed by atoms with Gasteiger partial charge in [0.2, 0.25) is 0 Å². The van der Waals surface area contributed by atoms with Crippen LogP contribution in [0.25, 0.3) is 0 Å². The summed E-state index contributed by atoms with van der Waals surface area (Å²) < 4.78 is 5.89. The summed E-state index contributed by atoms with van der Waals surface area (Å²) >= 11 is 0. The summed E-state index contributed by atoms with van der Waals surface area (Å²) in [6.45, 7) is 9.22. The number of fused-ring (bicyclic) bond motifs is 2. The summed E-state index contributed by atoms with van der Waals surface area (Å²) in [6, 6.07) is 7.92. The number of esters is 1. The molecule has 0 aromatic heterocycles. The highest BCUT2D eigenvalue weighted by atomic mass is 16.5. The smallest absolute Gasteiger partial charge is 0.338 e. The van der Waals surface area contributed by atoms with Gasteiger partial charge in [0, 0.05) is 5.92 Å². The fourth-order valence-corrected chi connectivity index (χ4v) is 4.63. The SMILES string of the molecule is CCCc1ccc(C(=O)O[C@@H]2C[C@]3(C)CC[C@H]2C3(C)C)cc1. The average Bonchev–Trinajstić information content (AvgIpc) is 2.80. The Morgan fingerprint density at radius 2 is 1.91 bits per heavy atom. The van der Waals surface area contributed by atoms with Gasteiger partial charge in [0.05, 0.1) is 5.56 Å². The Morgan fingerprint density at radius 1 is 1.23 bits per heavy atom. The monoisotopic (exact) mass is 300 g/mol. The summed E-state index contributed by atoms with van der Waals surface area (Å²) in [6.07, 6.45) is 5.76. The molecule has 2 saturated carbocycles. The van der Waals surface area contributed by atoms with Gasteiger partial charge in [-0.3, -0.25) is 0 Å². The van der Waals surface area contributed by atoms with Crippen LogP contribution in [0.5, 0.6) is 0 Å². The molecular weight excluding hydrogens is 272 g/mol. The second kappa shape index (κ2) is 5.40. The molecule has 2 nitrogen and oxygen atoms in total. The molecule has 1 aromatic rings. The molecule has 3 atom stereocenters. The van der Waals surface area contributed by atoms with E-state index in [-0.39, 0.29) is 17.5 Å². The first-order valence-electron chi connectivity index (χ1n) is 8.67. The molecule has 120 valence electrons. The van der Waals surface area contributed by atoms with Crippen LogP contribution in [0.4, 0.5) is 0 Å². The first-order chi connectivity index (χ1) is 10.4. The van der Waals surface area contributed by atoms with Crippen LogP contribution in [0.15, 0.2) is 24.3 Å². The van der Waals surface area contributed by atoms with Crippen molar-refractivity contribution in [3.8, 4) is 0 Å². The lowest BCUT2D eigenvalue weighted by Crippen LogP contribution is -2.28. The van der Waals surface area contributed by atoms with Gasteiger partial charge < -0.3 is 4.74 Å². The average molecular weight is 300 g/mol. The largest absolute Gasteiger partial charge is 0.458 e. The summed E-state index contributed by atoms with van der Waals surface area (Å²) in [5.74, 6) is 0.362. The Balaban J connectivity index is 1.68. The van der Waals surface area contributed by atoms with Gasteiger partial charge in [0.15, 0.2) is 0 Å². The minimum atomic E-state index is -0.153. The van der Waals surface area contributed by atoms with Gasteiger partial charge in [0.1, 0.15) is 6.10 Å². The predicted molar refractivity (Wildman–Crippen MR) is 88.9 cm³/mol. The Bertz CT molecular complexity index is 555. The van der Waals surface area contributed by atoms with Gasteiger partial charge in [-0.05, 0) is 54.2 Å². The molecule has 0 amide bonds. The molecule has 0 heterocycles. The zero-order valence-electron chi connectivity index (χ0n) is 14.3. The molecule has 2 aliphatic rings. The molecule has 0 unspecified atom stereocenters. The van der Waals surface area contributed by atoms with Crippen LogP contribution in [0.3, 0.4) is 0 Å². The third kappa shape index (κ3) is 2.37. The van der Waals surface area contributed by atoms with Gasteiger partial charge in [-0.1, -0.05) is 46.2 Å². The van der Waals surface area contributed by atoms with E-state index in [0.717, 1.165) is 19.3 Å². The number of rotatable bonds is 4. The number of carbonyl (C=O) groups is 1. The quantitative estimate of drug-likeness (QED) is 0.731. The number of benzene rings is 1. The summed E-state index contributed by atoms with van der Waals surface area (Å²) in [5, 5.41) is 0. The van der Waals surface area contributed by atoms with Crippen molar-refractivity contribution in [2.45, 2.75) is 65.9 Å². The lowest BCUT2D eigenvalue weighted by atomic mass is 9.71. The summed E-state index contributed by atoms with van der Waals surface area (Å²) in [5.41, 5.74) is 2.58. The molecule has 0 spiro atoms. The van der Waals surface area contributed by atoms with E-state index in [1.165, 1.54) is 18.4 Å². The van der Waals surface area contributed by atoms with Crippen LogP contribution in [-0.4, -0.2) is 12.1 Å². The van der Waals surface area contributed by atoms with E-state index in [1.54, 1.807) is 0 Å². The third-order valence-electron chi connectivity index (χ3n) is 6.58. The van der Waals surface area contributed by atoms with Gasteiger partial charge in [-0.2, -0.15) is 0 Å². The normalized spacial score (nSPS) is 32.2. The van der Waals surface area contributed by atoms with Crippen molar-refractivity contribution >= 4 is 5.97 Å². The van der Waals surface area contributed by atoms with Crippen molar-refractivity contribution in [1.82, 2.24) is 0 Å². The van der Waals surface area contributed by atoms with Crippen LogP contribution < -0.4 is 0 Å². The van der Waals surface area contributed by atoms with Crippen molar-refractivity contribution in [3.05, 3.63) is 35.4 Å².